The van der Waals surface area contributed by atoms with Crippen LogP contribution in [0, 0.1) is 0 Å². The van der Waals surface area contributed by atoms with Gasteiger partial charge >= 0.3 is 0 Å². The van der Waals surface area contributed by atoms with E-state index in [0.717, 1.165) is 22.3 Å². The third-order valence-corrected chi connectivity index (χ3v) is 3.39. The second-order valence-electron chi connectivity index (χ2n) is 3.73. The molecular weight excluding hydrogens is 289 g/mol. The molecule has 1 heterocycles. The summed E-state index contributed by atoms with van der Waals surface area (Å²) in [4.78, 5) is 11.3. The number of carbonyl (C=O) groups is 1. The molecule has 0 spiro atoms. The zero-order valence-corrected chi connectivity index (χ0v) is 10.9. The minimum absolute atomic E-state index is 0.281. The first kappa shape index (κ1) is 11.7. The maximum absolute atomic E-state index is 11.3. The molecule has 1 saturated heterocycles. The molecule has 1 aliphatic rings. The van der Waals surface area contributed by atoms with E-state index in [-0.39, 0.29) is 5.78 Å². The second-order valence-corrected chi connectivity index (χ2v) is 5.02. The van der Waals surface area contributed by atoms with Gasteiger partial charge in [-0.15, -0.1) is 0 Å². The number of benzene rings is 1. The van der Waals surface area contributed by atoms with Crippen molar-refractivity contribution < 1.29 is 4.79 Å². The molecule has 0 unspecified atom stereocenters. The molecule has 0 aliphatic carbocycles. The molecule has 1 aromatic rings. The van der Waals surface area contributed by atoms with Gasteiger partial charge in [0, 0.05) is 34.6 Å². The van der Waals surface area contributed by atoms with Crippen LogP contribution in [0.2, 0.25) is 5.02 Å². The molecule has 0 atom stereocenters. The molecule has 4 heteroatoms. The summed E-state index contributed by atoms with van der Waals surface area (Å²) < 4.78 is 0.976. The molecule has 1 aliphatic heterocycles. The van der Waals surface area contributed by atoms with Crippen LogP contribution in [0.25, 0.3) is 6.08 Å². The summed E-state index contributed by atoms with van der Waals surface area (Å²) in [6.07, 6.45) is 3.07. The first-order valence-corrected chi connectivity index (χ1v) is 6.23. The number of hydrogen-bond acceptors (Lipinski definition) is 2. The van der Waals surface area contributed by atoms with E-state index in [1.165, 1.54) is 0 Å². The largest absolute Gasteiger partial charge is 0.388 e. The van der Waals surface area contributed by atoms with Gasteiger partial charge in [0.15, 0.2) is 0 Å². The summed E-state index contributed by atoms with van der Waals surface area (Å²) in [6, 6.07) is 5.60. The zero-order chi connectivity index (χ0) is 11.5. The van der Waals surface area contributed by atoms with Gasteiger partial charge in [0.2, 0.25) is 0 Å². The van der Waals surface area contributed by atoms with Crippen LogP contribution in [0.1, 0.15) is 18.4 Å². The van der Waals surface area contributed by atoms with E-state index in [4.69, 9.17) is 11.6 Å². The highest BCUT2D eigenvalue weighted by molar-refractivity contribution is 9.10. The van der Waals surface area contributed by atoms with Crippen molar-refractivity contribution in [3.05, 3.63) is 39.0 Å². The highest BCUT2D eigenvalue weighted by Crippen LogP contribution is 2.24. The normalized spacial score (nSPS) is 18.6. The Hall–Kier alpha value is -0.800. The van der Waals surface area contributed by atoms with E-state index >= 15 is 0 Å². The number of allylic oxidation sites excluding steroid dienone is 1. The van der Waals surface area contributed by atoms with E-state index in [1.807, 2.05) is 24.3 Å². The van der Waals surface area contributed by atoms with Crippen LogP contribution in [0.5, 0.6) is 0 Å². The van der Waals surface area contributed by atoms with E-state index in [1.54, 1.807) is 0 Å². The van der Waals surface area contributed by atoms with E-state index in [0.29, 0.717) is 17.9 Å². The van der Waals surface area contributed by atoms with Crippen molar-refractivity contribution in [3.63, 3.8) is 0 Å². The molecule has 1 N–H and O–H groups in total. The minimum Gasteiger partial charge on any atom is -0.388 e. The molecule has 2 rings (SSSR count). The lowest BCUT2D eigenvalue weighted by Crippen LogP contribution is -2.25. The van der Waals surface area contributed by atoms with Gasteiger partial charge in [0.05, 0.1) is 0 Å². The fraction of sp³-hybridized carbons (Fsp3) is 0.250. The number of carbonyl (C=O) groups excluding carboxylic acids is 1. The van der Waals surface area contributed by atoms with Crippen molar-refractivity contribution in [3.8, 4) is 0 Å². The van der Waals surface area contributed by atoms with E-state index < -0.39 is 0 Å². The first-order chi connectivity index (χ1) is 7.65. The van der Waals surface area contributed by atoms with Crippen molar-refractivity contribution in [2.24, 2.45) is 0 Å². The lowest BCUT2D eigenvalue weighted by molar-refractivity contribution is -0.119. The quantitative estimate of drug-likeness (QED) is 0.861. The molecule has 0 amide bonds. The maximum Gasteiger partial charge on any atom is 0.140 e. The predicted molar refractivity (Wildman–Crippen MR) is 69.4 cm³/mol. The Bertz CT molecular complexity index is 456. The summed E-state index contributed by atoms with van der Waals surface area (Å²) in [6.45, 7) is 0.725. The molecule has 0 bridgehead atoms. The smallest absolute Gasteiger partial charge is 0.140 e. The Morgan fingerprint density at radius 1 is 1.44 bits per heavy atom. The van der Waals surface area contributed by atoms with Crippen molar-refractivity contribution in [2.75, 3.05) is 6.54 Å². The van der Waals surface area contributed by atoms with Crippen LogP contribution in [0.3, 0.4) is 0 Å². The Kier molecular flexibility index (Phi) is 3.66. The first-order valence-electron chi connectivity index (χ1n) is 5.06. The topological polar surface area (TPSA) is 29.1 Å². The molecule has 0 aromatic heterocycles. The van der Waals surface area contributed by atoms with Crippen LogP contribution in [0.15, 0.2) is 28.4 Å². The van der Waals surface area contributed by atoms with Gasteiger partial charge in [0.25, 0.3) is 0 Å². The molecule has 1 aromatic carbocycles. The Morgan fingerprint density at radius 2 is 2.25 bits per heavy atom. The molecule has 84 valence electrons. The Morgan fingerprint density at radius 3 is 3.00 bits per heavy atom. The van der Waals surface area contributed by atoms with Gasteiger partial charge in [0.1, 0.15) is 5.78 Å². The van der Waals surface area contributed by atoms with Crippen molar-refractivity contribution >= 4 is 39.4 Å². The van der Waals surface area contributed by atoms with Gasteiger partial charge in [-0.25, -0.2) is 0 Å². The van der Waals surface area contributed by atoms with Gasteiger partial charge in [-0.1, -0.05) is 27.5 Å². The highest BCUT2D eigenvalue weighted by atomic mass is 79.9. The Balaban J connectivity index is 2.27. The third-order valence-electron chi connectivity index (χ3n) is 2.43. The zero-order valence-electron chi connectivity index (χ0n) is 8.59. The number of rotatable bonds is 1. The van der Waals surface area contributed by atoms with Gasteiger partial charge in [-0.2, -0.15) is 0 Å². The summed E-state index contributed by atoms with van der Waals surface area (Å²) in [7, 11) is 0. The number of nitrogens with one attached hydrogen (secondary N) is 1. The predicted octanol–water partition coefficient (Wildman–Crippen LogP) is 3.40. The standard InChI is InChI=1S/C12H11BrClNO/c13-12-2-1-9(14)5-8(12)6-10-7-11(16)3-4-15-10/h1-2,5-6,15H,3-4,7H2. The van der Waals surface area contributed by atoms with Crippen LogP contribution in [-0.2, 0) is 4.79 Å². The van der Waals surface area contributed by atoms with Gasteiger partial charge in [-0.05, 0) is 29.8 Å². The summed E-state index contributed by atoms with van der Waals surface area (Å²) >= 11 is 9.38. The SMILES string of the molecule is O=C1CCNC(=Cc2cc(Cl)ccc2Br)C1. The number of Topliss-reactive ketones (excluding diaryl/α,β-unsaturated/α-hetero) is 1. The summed E-state index contributed by atoms with van der Waals surface area (Å²) in [5.41, 5.74) is 1.95. The molecule has 1 fully saturated rings. The number of piperidine rings is 1. The van der Waals surface area contributed by atoms with Crippen molar-refractivity contribution in [2.45, 2.75) is 12.8 Å². The maximum atomic E-state index is 11.3. The van der Waals surface area contributed by atoms with Gasteiger partial charge < -0.3 is 5.32 Å². The lowest BCUT2D eigenvalue weighted by Gasteiger charge is -2.16. The number of hydrogen-bond donors (Lipinski definition) is 1. The van der Waals surface area contributed by atoms with Crippen LogP contribution >= 0.6 is 27.5 Å². The van der Waals surface area contributed by atoms with Crippen LogP contribution < -0.4 is 5.32 Å². The van der Waals surface area contributed by atoms with Gasteiger partial charge in [-0.3, -0.25) is 4.79 Å². The molecule has 2 nitrogen and oxygen atoms in total. The average molecular weight is 301 g/mol. The number of halogens is 2. The highest BCUT2D eigenvalue weighted by Gasteiger charge is 2.12. The van der Waals surface area contributed by atoms with Crippen LogP contribution in [0.4, 0.5) is 0 Å². The third kappa shape index (κ3) is 2.86. The molecule has 16 heavy (non-hydrogen) atoms. The van der Waals surface area contributed by atoms with Crippen molar-refractivity contribution in [1.29, 1.82) is 0 Å². The number of ketones is 1. The summed E-state index contributed by atoms with van der Waals surface area (Å²) in [5.74, 6) is 0.281. The monoisotopic (exact) mass is 299 g/mol. The lowest BCUT2D eigenvalue weighted by atomic mass is 10.1. The van der Waals surface area contributed by atoms with Crippen LogP contribution in [-0.4, -0.2) is 12.3 Å². The Labute approximate surface area is 108 Å². The summed E-state index contributed by atoms with van der Waals surface area (Å²) in [5, 5.41) is 3.91. The molecular formula is C12H11BrClNO. The fourth-order valence-corrected chi connectivity index (χ4v) is 2.18. The second kappa shape index (κ2) is 5.02. The molecule has 0 radical (unpaired) electrons. The van der Waals surface area contributed by atoms with Crippen molar-refractivity contribution in [1.82, 2.24) is 5.32 Å². The molecule has 0 saturated carbocycles. The minimum atomic E-state index is 0.281. The van der Waals surface area contributed by atoms with E-state index in [2.05, 4.69) is 21.2 Å². The van der Waals surface area contributed by atoms with E-state index in [9.17, 15) is 4.79 Å². The fourth-order valence-electron chi connectivity index (χ4n) is 1.64. The average Bonchev–Trinajstić information content (AvgIpc) is 2.24.